The fourth-order valence-corrected chi connectivity index (χ4v) is 2.58. The van der Waals surface area contributed by atoms with Crippen LogP contribution in [0.5, 0.6) is 0 Å². The zero-order chi connectivity index (χ0) is 15.2. The van der Waals surface area contributed by atoms with Crippen molar-refractivity contribution in [3.05, 3.63) is 52.3 Å². The first-order valence-corrected chi connectivity index (χ1v) is 7.46. The van der Waals surface area contributed by atoms with Gasteiger partial charge < -0.3 is 10.5 Å². The first kappa shape index (κ1) is 15.9. The van der Waals surface area contributed by atoms with Gasteiger partial charge in [-0.05, 0) is 27.9 Å². The molecule has 2 N–H and O–H groups in total. The normalized spacial score (nSPS) is 12.3. The summed E-state index contributed by atoms with van der Waals surface area (Å²) in [6.45, 7) is 1.00. The van der Waals surface area contributed by atoms with Gasteiger partial charge in [0.2, 0.25) is 0 Å². The SMILES string of the molecule is COCCn1ncc(Br)c1C(=O)C(N)Cc1ccccc1. The van der Waals surface area contributed by atoms with Gasteiger partial charge in [0.1, 0.15) is 5.69 Å². The van der Waals surface area contributed by atoms with Crippen LogP contribution in [-0.4, -0.2) is 35.3 Å². The third-order valence-electron chi connectivity index (χ3n) is 3.17. The first-order valence-electron chi connectivity index (χ1n) is 6.67. The third-order valence-corrected chi connectivity index (χ3v) is 3.75. The number of benzene rings is 1. The second-order valence-corrected chi connectivity index (χ2v) is 5.57. The van der Waals surface area contributed by atoms with E-state index in [1.165, 1.54) is 0 Å². The van der Waals surface area contributed by atoms with Crippen LogP contribution >= 0.6 is 15.9 Å². The number of carbonyl (C=O) groups is 1. The number of Topliss-reactive ketones (excluding diaryl/α,β-unsaturated/α-hetero) is 1. The Morgan fingerprint density at radius 3 is 2.81 bits per heavy atom. The Labute approximate surface area is 132 Å². The molecule has 0 radical (unpaired) electrons. The molecule has 0 fully saturated rings. The van der Waals surface area contributed by atoms with E-state index < -0.39 is 6.04 Å². The molecule has 2 aromatic rings. The Balaban J connectivity index is 2.13. The second-order valence-electron chi connectivity index (χ2n) is 4.72. The molecule has 0 saturated heterocycles. The molecule has 112 valence electrons. The summed E-state index contributed by atoms with van der Waals surface area (Å²) >= 11 is 3.36. The largest absolute Gasteiger partial charge is 0.383 e. The number of methoxy groups -OCH3 is 1. The van der Waals surface area contributed by atoms with Crippen LogP contribution in [0.15, 0.2) is 41.0 Å². The predicted octanol–water partition coefficient (Wildman–Crippen LogP) is 2.04. The number of nitrogens with two attached hydrogens (primary N) is 1. The minimum Gasteiger partial charge on any atom is -0.383 e. The van der Waals surface area contributed by atoms with Crippen molar-refractivity contribution in [2.24, 2.45) is 5.73 Å². The summed E-state index contributed by atoms with van der Waals surface area (Å²) in [6.07, 6.45) is 2.11. The van der Waals surface area contributed by atoms with Gasteiger partial charge in [-0.2, -0.15) is 5.10 Å². The molecule has 6 heteroatoms. The number of nitrogens with zero attached hydrogens (tertiary/aromatic N) is 2. The molecule has 21 heavy (non-hydrogen) atoms. The number of hydrogen-bond donors (Lipinski definition) is 1. The van der Waals surface area contributed by atoms with Crippen molar-refractivity contribution in [3.8, 4) is 0 Å². The number of carbonyl (C=O) groups excluding carboxylic acids is 1. The van der Waals surface area contributed by atoms with Gasteiger partial charge in [-0.25, -0.2) is 0 Å². The highest BCUT2D eigenvalue weighted by Crippen LogP contribution is 2.18. The maximum Gasteiger partial charge on any atom is 0.198 e. The van der Waals surface area contributed by atoms with Crippen molar-refractivity contribution in [1.82, 2.24) is 9.78 Å². The molecule has 0 saturated carbocycles. The van der Waals surface area contributed by atoms with E-state index in [9.17, 15) is 4.79 Å². The lowest BCUT2D eigenvalue weighted by atomic mass is 10.0. The maximum atomic E-state index is 12.6. The van der Waals surface area contributed by atoms with Crippen LogP contribution in [0, 0.1) is 0 Å². The Bertz CT molecular complexity index is 598. The lowest BCUT2D eigenvalue weighted by Gasteiger charge is -2.13. The van der Waals surface area contributed by atoms with Crippen LogP contribution in [0.3, 0.4) is 0 Å². The zero-order valence-electron chi connectivity index (χ0n) is 11.8. The number of rotatable bonds is 7. The van der Waals surface area contributed by atoms with E-state index >= 15 is 0 Å². The minimum atomic E-state index is -0.596. The van der Waals surface area contributed by atoms with E-state index in [4.69, 9.17) is 10.5 Å². The summed E-state index contributed by atoms with van der Waals surface area (Å²) in [4.78, 5) is 12.6. The van der Waals surface area contributed by atoms with Gasteiger partial charge in [0.25, 0.3) is 0 Å². The molecule has 1 heterocycles. The van der Waals surface area contributed by atoms with Crippen LogP contribution in [-0.2, 0) is 17.7 Å². The number of ketones is 1. The summed E-state index contributed by atoms with van der Waals surface area (Å²) < 4.78 is 7.31. The molecule has 0 aliphatic heterocycles. The Kier molecular flexibility index (Phi) is 5.67. The minimum absolute atomic E-state index is 0.126. The van der Waals surface area contributed by atoms with Crippen molar-refractivity contribution < 1.29 is 9.53 Å². The highest BCUT2D eigenvalue weighted by atomic mass is 79.9. The summed E-state index contributed by atoms with van der Waals surface area (Å²) in [5.41, 5.74) is 7.60. The Morgan fingerprint density at radius 1 is 1.43 bits per heavy atom. The highest BCUT2D eigenvalue weighted by Gasteiger charge is 2.23. The van der Waals surface area contributed by atoms with Gasteiger partial charge in [-0.3, -0.25) is 9.48 Å². The van der Waals surface area contributed by atoms with E-state index in [0.717, 1.165) is 5.56 Å². The van der Waals surface area contributed by atoms with E-state index in [0.29, 0.717) is 29.7 Å². The van der Waals surface area contributed by atoms with Crippen molar-refractivity contribution >= 4 is 21.7 Å². The van der Waals surface area contributed by atoms with Gasteiger partial charge in [0.15, 0.2) is 5.78 Å². The standard InChI is InChI=1S/C15H18BrN3O2/c1-21-8-7-19-14(12(16)10-18-19)15(20)13(17)9-11-5-3-2-4-6-11/h2-6,10,13H,7-9,17H2,1H3. The summed E-state index contributed by atoms with van der Waals surface area (Å²) in [5.74, 6) is -0.126. The third kappa shape index (κ3) is 4.00. The average Bonchev–Trinajstić information content (AvgIpc) is 2.86. The molecule has 0 aliphatic carbocycles. The number of aromatic nitrogens is 2. The first-order chi connectivity index (χ1) is 10.1. The average molecular weight is 352 g/mol. The fourth-order valence-electron chi connectivity index (χ4n) is 2.09. The van der Waals surface area contributed by atoms with E-state index in [2.05, 4.69) is 21.0 Å². The van der Waals surface area contributed by atoms with Crippen LogP contribution in [0.2, 0.25) is 0 Å². The molecule has 0 bridgehead atoms. The van der Waals surface area contributed by atoms with Crippen molar-refractivity contribution in [1.29, 1.82) is 0 Å². The molecular weight excluding hydrogens is 334 g/mol. The monoisotopic (exact) mass is 351 g/mol. The molecule has 1 unspecified atom stereocenters. The molecular formula is C15H18BrN3O2. The predicted molar refractivity (Wildman–Crippen MR) is 84.3 cm³/mol. The molecule has 1 aromatic carbocycles. The molecule has 0 spiro atoms. The van der Waals surface area contributed by atoms with Crippen LogP contribution in [0.4, 0.5) is 0 Å². The van der Waals surface area contributed by atoms with Gasteiger partial charge >= 0.3 is 0 Å². The molecule has 5 nitrogen and oxygen atoms in total. The van der Waals surface area contributed by atoms with Crippen LogP contribution in [0.1, 0.15) is 16.1 Å². The molecule has 0 amide bonds. The van der Waals surface area contributed by atoms with Crippen molar-refractivity contribution in [2.75, 3.05) is 13.7 Å². The van der Waals surface area contributed by atoms with Gasteiger partial charge in [0.05, 0.1) is 29.9 Å². The van der Waals surface area contributed by atoms with E-state index in [1.54, 1.807) is 18.0 Å². The number of halogens is 1. The molecule has 2 rings (SSSR count). The molecule has 1 aromatic heterocycles. The van der Waals surface area contributed by atoms with E-state index in [1.807, 2.05) is 30.3 Å². The van der Waals surface area contributed by atoms with Crippen molar-refractivity contribution in [3.63, 3.8) is 0 Å². The summed E-state index contributed by atoms with van der Waals surface area (Å²) in [6, 6.07) is 9.14. The van der Waals surface area contributed by atoms with Gasteiger partial charge in [0, 0.05) is 7.11 Å². The van der Waals surface area contributed by atoms with Gasteiger partial charge in [-0.15, -0.1) is 0 Å². The van der Waals surface area contributed by atoms with Crippen molar-refractivity contribution in [2.45, 2.75) is 19.0 Å². The number of hydrogen-bond acceptors (Lipinski definition) is 4. The second kappa shape index (κ2) is 7.49. The smallest absolute Gasteiger partial charge is 0.198 e. The molecule has 1 atom stereocenters. The zero-order valence-corrected chi connectivity index (χ0v) is 13.4. The Morgan fingerprint density at radius 2 is 2.14 bits per heavy atom. The van der Waals surface area contributed by atoms with E-state index in [-0.39, 0.29) is 5.78 Å². The topological polar surface area (TPSA) is 70.1 Å². The quantitative estimate of drug-likeness (QED) is 0.775. The lowest BCUT2D eigenvalue weighted by molar-refractivity contribution is 0.0946. The Hall–Kier alpha value is -1.50. The molecule has 0 aliphatic rings. The maximum absolute atomic E-state index is 12.6. The lowest BCUT2D eigenvalue weighted by Crippen LogP contribution is -2.34. The summed E-state index contributed by atoms with van der Waals surface area (Å²) in [7, 11) is 1.61. The van der Waals surface area contributed by atoms with Gasteiger partial charge in [-0.1, -0.05) is 30.3 Å². The van der Waals surface area contributed by atoms with Crippen LogP contribution in [0.25, 0.3) is 0 Å². The van der Waals surface area contributed by atoms with Crippen LogP contribution < -0.4 is 5.73 Å². The highest BCUT2D eigenvalue weighted by molar-refractivity contribution is 9.10. The number of ether oxygens (including phenoxy) is 1. The fraction of sp³-hybridized carbons (Fsp3) is 0.333. The summed E-state index contributed by atoms with van der Waals surface area (Å²) in [5, 5.41) is 4.18.